The Bertz CT molecular complexity index is 609. The fourth-order valence-electron chi connectivity index (χ4n) is 2.12. The molecule has 0 aliphatic carbocycles. The normalized spacial score (nSPS) is 12.8. The van der Waals surface area contributed by atoms with Crippen molar-refractivity contribution in [1.82, 2.24) is 9.97 Å². The van der Waals surface area contributed by atoms with Gasteiger partial charge in [0.15, 0.2) is 0 Å². The van der Waals surface area contributed by atoms with Crippen LogP contribution in [0.15, 0.2) is 18.2 Å². The Hall–Kier alpha value is -2.15. The Kier molecular flexibility index (Phi) is 4.19. The molecule has 7 heteroatoms. The first-order chi connectivity index (χ1) is 9.49. The minimum absolute atomic E-state index is 0.00930. The monoisotopic (exact) mass is 278 g/mol. The van der Waals surface area contributed by atoms with Gasteiger partial charge in [0, 0.05) is 12.1 Å². The summed E-state index contributed by atoms with van der Waals surface area (Å²) < 4.78 is 0. The van der Waals surface area contributed by atoms with Crippen LogP contribution in [0.2, 0.25) is 0 Å². The molecule has 7 nitrogen and oxygen atoms in total. The highest BCUT2D eigenvalue weighted by Crippen LogP contribution is 2.21. The number of nitro groups is 1. The third-order valence-corrected chi connectivity index (χ3v) is 2.99. The number of nitrogens with one attached hydrogen (secondary N) is 2. The molecule has 1 atom stereocenters. The average Bonchev–Trinajstić information content (AvgIpc) is 2.78. The number of aliphatic hydroxyl groups is 1. The van der Waals surface area contributed by atoms with Crippen LogP contribution in [-0.2, 0) is 0 Å². The van der Waals surface area contributed by atoms with Gasteiger partial charge in [0.25, 0.3) is 5.69 Å². The van der Waals surface area contributed by atoms with E-state index in [-0.39, 0.29) is 18.3 Å². The zero-order valence-corrected chi connectivity index (χ0v) is 11.5. The zero-order valence-electron chi connectivity index (χ0n) is 11.5. The molecule has 0 amide bonds. The number of nitro benzene ring substituents is 1. The second-order valence-corrected chi connectivity index (χ2v) is 5.20. The summed E-state index contributed by atoms with van der Waals surface area (Å²) in [4.78, 5) is 17.6. The van der Waals surface area contributed by atoms with Gasteiger partial charge in [-0.3, -0.25) is 10.1 Å². The highest BCUT2D eigenvalue weighted by Gasteiger charge is 2.13. The summed E-state index contributed by atoms with van der Waals surface area (Å²) in [5.74, 6) is 0.963. The number of nitrogens with zero attached hydrogens (tertiary/aromatic N) is 2. The maximum Gasteiger partial charge on any atom is 0.271 e. The Labute approximate surface area is 116 Å². The maximum atomic E-state index is 10.7. The quantitative estimate of drug-likeness (QED) is 0.555. The number of hydrogen-bond donors (Lipinski definition) is 3. The number of H-pyrrole nitrogens is 1. The van der Waals surface area contributed by atoms with Crippen molar-refractivity contribution in [2.75, 3.05) is 11.9 Å². The number of aromatic amines is 1. The van der Waals surface area contributed by atoms with Crippen LogP contribution in [0.5, 0.6) is 0 Å². The number of aromatic nitrogens is 2. The van der Waals surface area contributed by atoms with E-state index in [0.717, 1.165) is 6.42 Å². The Morgan fingerprint density at radius 3 is 2.85 bits per heavy atom. The molecule has 2 aromatic rings. The highest BCUT2D eigenvalue weighted by molar-refractivity contribution is 5.79. The van der Waals surface area contributed by atoms with E-state index < -0.39 is 4.92 Å². The van der Waals surface area contributed by atoms with Crippen molar-refractivity contribution in [2.24, 2.45) is 5.92 Å². The van der Waals surface area contributed by atoms with E-state index >= 15 is 0 Å². The van der Waals surface area contributed by atoms with Gasteiger partial charge < -0.3 is 15.4 Å². The van der Waals surface area contributed by atoms with Gasteiger partial charge in [-0.15, -0.1) is 0 Å². The molecule has 3 N–H and O–H groups in total. The largest absolute Gasteiger partial charge is 0.394 e. The fraction of sp³-hybridized carbons (Fsp3) is 0.462. The Morgan fingerprint density at radius 2 is 2.25 bits per heavy atom. The van der Waals surface area contributed by atoms with Crippen LogP contribution in [0.3, 0.4) is 0 Å². The predicted octanol–water partition coefficient (Wildman–Crippen LogP) is 2.29. The molecule has 0 aliphatic heterocycles. The molecule has 108 valence electrons. The first kappa shape index (κ1) is 14.3. The smallest absolute Gasteiger partial charge is 0.271 e. The lowest BCUT2D eigenvalue weighted by Gasteiger charge is -2.17. The van der Waals surface area contributed by atoms with Gasteiger partial charge in [-0.25, -0.2) is 4.98 Å². The van der Waals surface area contributed by atoms with E-state index in [4.69, 9.17) is 0 Å². The molecule has 1 heterocycles. The minimum Gasteiger partial charge on any atom is -0.394 e. The van der Waals surface area contributed by atoms with E-state index in [1.54, 1.807) is 6.07 Å². The van der Waals surface area contributed by atoms with E-state index in [0.29, 0.717) is 22.9 Å². The summed E-state index contributed by atoms with van der Waals surface area (Å²) in [5.41, 5.74) is 1.27. The summed E-state index contributed by atoms with van der Waals surface area (Å²) in [6, 6.07) is 4.38. The molecular formula is C13H18N4O3. The van der Waals surface area contributed by atoms with Crippen LogP contribution in [0.4, 0.5) is 11.6 Å². The van der Waals surface area contributed by atoms with E-state index in [1.165, 1.54) is 12.1 Å². The summed E-state index contributed by atoms with van der Waals surface area (Å²) in [5, 5.41) is 23.2. The molecule has 0 saturated carbocycles. The topological polar surface area (TPSA) is 104 Å². The number of hydrogen-bond acceptors (Lipinski definition) is 5. The fourth-order valence-corrected chi connectivity index (χ4v) is 2.12. The van der Waals surface area contributed by atoms with E-state index in [1.807, 2.05) is 0 Å². The van der Waals surface area contributed by atoms with Gasteiger partial charge in [-0.05, 0) is 18.4 Å². The maximum absolute atomic E-state index is 10.7. The van der Waals surface area contributed by atoms with Gasteiger partial charge in [0.05, 0.1) is 28.6 Å². The van der Waals surface area contributed by atoms with Crippen molar-refractivity contribution in [3.63, 3.8) is 0 Å². The van der Waals surface area contributed by atoms with Crippen LogP contribution < -0.4 is 5.32 Å². The molecule has 0 spiro atoms. The zero-order chi connectivity index (χ0) is 14.7. The van der Waals surface area contributed by atoms with Gasteiger partial charge in [0.1, 0.15) is 0 Å². The van der Waals surface area contributed by atoms with Gasteiger partial charge in [-0.1, -0.05) is 13.8 Å². The lowest BCUT2D eigenvalue weighted by Crippen LogP contribution is -2.26. The van der Waals surface area contributed by atoms with Crippen LogP contribution in [0, 0.1) is 16.0 Å². The van der Waals surface area contributed by atoms with E-state index in [2.05, 4.69) is 29.1 Å². The van der Waals surface area contributed by atoms with Gasteiger partial charge in [-0.2, -0.15) is 0 Å². The van der Waals surface area contributed by atoms with E-state index in [9.17, 15) is 15.2 Å². The third kappa shape index (κ3) is 3.24. The van der Waals surface area contributed by atoms with Crippen LogP contribution in [0.1, 0.15) is 20.3 Å². The van der Waals surface area contributed by atoms with Crippen molar-refractivity contribution in [1.29, 1.82) is 0 Å². The summed E-state index contributed by atoms with van der Waals surface area (Å²) in [6.07, 6.45) is 0.813. The minimum atomic E-state index is -0.442. The lowest BCUT2D eigenvalue weighted by atomic mass is 10.0. The molecule has 0 radical (unpaired) electrons. The highest BCUT2D eigenvalue weighted by atomic mass is 16.6. The number of fused-ring (bicyclic) bond motifs is 1. The second kappa shape index (κ2) is 5.87. The van der Waals surface area contributed by atoms with Crippen molar-refractivity contribution < 1.29 is 10.0 Å². The number of rotatable bonds is 6. The molecule has 1 aromatic heterocycles. The Balaban J connectivity index is 2.20. The van der Waals surface area contributed by atoms with Crippen LogP contribution in [0.25, 0.3) is 11.0 Å². The summed E-state index contributed by atoms with van der Waals surface area (Å²) in [7, 11) is 0. The van der Waals surface area contributed by atoms with Crippen molar-refractivity contribution in [3.05, 3.63) is 28.3 Å². The summed E-state index contributed by atoms with van der Waals surface area (Å²) >= 11 is 0. The van der Waals surface area contributed by atoms with Gasteiger partial charge in [0.2, 0.25) is 5.95 Å². The van der Waals surface area contributed by atoms with Crippen LogP contribution in [-0.4, -0.2) is 32.6 Å². The first-order valence-corrected chi connectivity index (χ1v) is 6.51. The number of benzene rings is 1. The molecule has 1 aromatic carbocycles. The van der Waals surface area contributed by atoms with Crippen molar-refractivity contribution in [2.45, 2.75) is 26.3 Å². The van der Waals surface area contributed by atoms with Gasteiger partial charge >= 0.3 is 0 Å². The van der Waals surface area contributed by atoms with Crippen molar-refractivity contribution in [3.8, 4) is 0 Å². The standard InChI is InChI=1S/C13H18N4O3/c1-8(2)5-9(7-18)14-13-15-11-4-3-10(17(19)20)6-12(11)16-13/h3-4,6,8-9,18H,5,7H2,1-2H3,(H2,14,15,16). The molecule has 0 aliphatic rings. The molecule has 2 rings (SSSR count). The summed E-state index contributed by atoms with van der Waals surface area (Å²) in [6.45, 7) is 4.16. The van der Waals surface area contributed by atoms with Crippen molar-refractivity contribution >= 4 is 22.7 Å². The number of anilines is 1. The second-order valence-electron chi connectivity index (χ2n) is 5.20. The number of non-ortho nitro benzene ring substituents is 1. The molecule has 1 unspecified atom stereocenters. The predicted molar refractivity (Wildman–Crippen MR) is 76.7 cm³/mol. The molecular weight excluding hydrogens is 260 g/mol. The molecule has 0 bridgehead atoms. The van der Waals surface area contributed by atoms with Crippen LogP contribution >= 0.6 is 0 Å². The Morgan fingerprint density at radius 1 is 1.50 bits per heavy atom. The molecule has 20 heavy (non-hydrogen) atoms. The number of imidazole rings is 1. The molecule has 0 saturated heterocycles. The lowest BCUT2D eigenvalue weighted by molar-refractivity contribution is -0.384. The number of aliphatic hydroxyl groups excluding tert-OH is 1. The molecule has 0 fully saturated rings. The first-order valence-electron chi connectivity index (χ1n) is 6.51. The SMILES string of the molecule is CC(C)CC(CO)Nc1nc2ccc([N+](=O)[O-])cc2[nH]1. The third-order valence-electron chi connectivity index (χ3n) is 2.99. The average molecular weight is 278 g/mol.